The molecule has 464 valence electrons. The van der Waals surface area contributed by atoms with Crippen molar-refractivity contribution in [3.63, 3.8) is 0 Å². The molecule has 1 spiro atoms. The van der Waals surface area contributed by atoms with Gasteiger partial charge in [0.2, 0.25) is 0 Å². The maximum absolute atomic E-state index is 14.7. The van der Waals surface area contributed by atoms with E-state index in [2.05, 4.69) is 6.92 Å². The SMILES string of the molecule is COC1C(O)C(CO)OC(OC2C(O)COC(OC3C(CO)OC(OC4C(OC5CCC6(C)C7=CC(O)C89C(=O)OC(C)(C%10CCC(C)(C)O%10)C8(O)CCC9(C)C7CCC6C5(C)C)OCC(OS(=O)(=O)O)C4O)C(O)C3O)C2O)C1O. The zero-order chi connectivity index (χ0) is 59.1. The zero-order valence-electron chi connectivity index (χ0n) is 46.7. The summed E-state index contributed by atoms with van der Waals surface area (Å²) in [4.78, 5) is 14.7. The summed E-state index contributed by atoms with van der Waals surface area (Å²) < 4.78 is 104. The van der Waals surface area contributed by atoms with E-state index < -0.39 is 210 Å². The first kappa shape index (κ1) is 62.3. The van der Waals surface area contributed by atoms with Gasteiger partial charge >= 0.3 is 16.4 Å². The average Bonchev–Trinajstić information content (AvgIpc) is 2.45. The molecule has 0 aromatic heterocycles. The lowest BCUT2D eigenvalue weighted by atomic mass is 9.40. The number of fused-ring (bicyclic) bond motifs is 4. The van der Waals surface area contributed by atoms with Crippen LogP contribution in [0.1, 0.15) is 99.8 Å². The van der Waals surface area contributed by atoms with Crippen LogP contribution in [0.15, 0.2) is 11.6 Å². The van der Waals surface area contributed by atoms with E-state index >= 15 is 0 Å². The Balaban J connectivity index is 0.852. The maximum Gasteiger partial charge on any atom is 0.397 e. The molecule has 28 atom stereocenters. The number of methoxy groups -OCH3 is 1. The average molecular weight is 1190 g/mol. The van der Waals surface area contributed by atoms with E-state index in [-0.39, 0.29) is 18.3 Å². The van der Waals surface area contributed by atoms with Crippen LogP contribution in [0.25, 0.3) is 0 Å². The molecule has 0 amide bonds. The van der Waals surface area contributed by atoms with Crippen LogP contribution in [0.2, 0.25) is 0 Å². The molecule has 6 aliphatic heterocycles. The normalized spacial score (nSPS) is 53.2. The Kier molecular flexibility index (Phi) is 16.8. The second-order valence-corrected chi connectivity index (χ2v) is 27.1. The molecule has 0 aromatic carbocycles. The first-order valence-corrected chi connectivity index (χ1v) is 29.5. The predicted octanol–water partition coefficient (Wildman–Crippen LogP) is -2.65. The summed E-state index contributed by atoms with van der Waals surface area (Å²) in [5.74, 6) is -0.995. The Morgan fingerprint density at radius 1 is 0.654 bits per heavy atom. The number of aliphatic hydroxyl groups excluding tert-OH is 10. The molecule has 0 radical (unpaired) electrons. The van der Waals surface area contributed by atoms with Crippen LogP contribution in [0, 0.1) is 33.5 Å². The van der Waals surface area contributed by atoms with Gasteiger partial charge in [0.05, 0.1) is 44.2 Å². The molecule has 6 saturated heterocycles. The standard InChI is InChI=1S/C53H84O27S/c1-47(2)13-11-31(78-47)51(7)52(65)16-15-50(6)22-9-10-28-48(3,4)30(12-14-49(28,5)23(22)17-29(57)53(50,52)46(64)79-51)74-45-41(33(59)27(21-71-45)80-81(66,67)68)77-43-35(61)34(60)39(26(19-55)73-43)76-42-36(62)38(24(56)20-70-42)75-44-37(63)40(69-8)32(58)25(18-54)72-44/h17,22,24-45,54-63,65H,9-16,18-21H2,1-8H3,(H,66,67,68). The van der Waals surface area contributed by atoms with Crippen molar-refractivity contribution in [2.75, 3.05) is 33.5 Å². The quantitative estimate of drug-likeness (QED) is 0.0366. The highest BCUT2D eigenvalue weighted by Gasteiger charge is 2.87. The Morgan fingerprint density at radius 3 is 1.93 bits per heavy atom. The zero-order valence-corrected chi connectivity index (χ0v) is 47.6. The number of esters is 1. The summed E-state index contributed by atoms with van der Waals surface area (Å²) in [5, 5.41) is 125. The van der Waals surface area contributed by atoms with Crippen molar-refractivity contribution in [2.24, 2.45) is 33.5 Å². The summed E-state index contributed by atoms with van der Waals surface area (Å²) in [5.41, 5.74) is -6.54. The molecular formula is C53H84O27S. The van der Waals surface area contributed by atoms with Crippen molar-refractivity contribution in [1.29, 1.82) is 0 Å². The minimum Gasteiger partial charge on any atom is -0.453 e. The van der Waals surface area contributed by atoms with Crippen molar-refractivity contribution in [3.8, 4) is 0 Å². The molecule has 9 fully saturated rings. The summed E-state index contributed by atoms with van der Waals surface area (Å²) in [6.07, 6.45) is -27.9. The molecular weight excluding hydrogens is 1100 g/mol. The third kappa shape index (κ3) is 9.73. The van der Waals surface area contributed by atoms with Gasteiger partial charge in [-0.2, -0.15) is 8.42 Å². The third-order valence-corrected chi connectivity index (χ3v) is 21.5. The second kappa shape index (κ2) is 21.8. The van der Waals surface area contributed by atoms with Crippen molar-refractivity contribution < 1.29 is 130 Å². The first-order chi connectivity index (χ1) is 37.8. The van der Waals surface area contributed by atoms with Gasteiger partial charge in [0.1, 0.15) is 103 Å². The van der Waals surface area contributed by atoms with E-state index in [9.17, 15) is 73.9 Å². The molecule has 0 aromatic rings. The Labute approximate surface area is 469 Å². The van der Waals surface area contributed by atoms with E-state index in [4.69, 9.17) is 56.3 Å². The maximum atomic E-state index is 14.7. The monoisotopic (exact) mass is 1180 g/mol. The van der Waals surface area contributed by atoms with Crippen molar-refractivity contribution in [1.82, 2.24) is 0 Å². The minimum absolute atomic E-state index is 0.143. The van der Waals surface area contributed by atoms with Gasteiger partial charge in [-0.15, -0.1) is 0 Å². The van der Waals surface area contributed by atoms with E-state index in [1.807, 2.05) is 34.6 Å². The van der Waals surface area contributed by atoms with Crippen LogP contribution < -0.4 is 0 Å². The van der Waals surface area contributed by atoms with Crippen LogP contribution in [0.3, 0.4) is 0 Å². The fourth-order valence-electron chi connectivity index (χ4n) is 16.7. The number of aliphatic hydroxyl groups is 11. The molecule has 10 aliphatic rings. The molecule has 4 aliphatic carbocycles. The van der Waals surface area contributed by atoms with Crippen molar-refractivity contribution >= 4 is 16.4 Å². The van der Waals surface area contributed by atoms with Crippen molar-refractivity contribution in [3.05, 3.63) is 11.6 Å². The number of cyclic esters (lactones) is 1. The van der Waals surface area contributed by atoms with E-state index in [0.29, 0.717) is 44.9 Å². The number of carbonyl (C=O) groups is 1. The van der Waals surface area contributed by atoms with Gasteiger partial charge in [-0.05, 0) is 100 Å². The van der Waals surface area contributed by atoms with Crippen LogP contribution in [0.5, 0.6) is 0 Å². The van der Waals surface area contributed by atoms with Crippen LogP contribution >= 0.6 is 0 Å². The van der Waals surface area contributed by atoms with E-state index in [0.717, 1.165) is 5.57 Å². The van der Waals surface area contributed by atoms with Gasteiger partial charge in [-0.25, -0.2) is 4.18 Å². The predicted molar refractivity (Wildman–Crippen MR) is 269 cm³/mol. The molecule has 0 bridgehead atoms. The van der Waals surface area contributed by atoms with Gasteiger partial charge in [-0.3, -0.25) is 9.35 Å². The van der Waals surface area contributed by atoms with Gasteiger partial charge in [0.15, 0.2) is 30.8 Å². The second-order valence-electron chi connectivity index (χ2n) is 26.1. The highest BCUT2D eigenvalue weighted by atomic mass is 32.3. The van der Waals surface area contributed by atoms with Crippen LogP contribution in [0.4, 0.5) is 0 Å². The molecule has 6 heterocycles. The molecule has 28 unspecified atom stereocenters. The van der Waals surface area contributed by atoms with Crippen molar-refractivity contribution in [2.45, 2.75) is 246 Å². The number of hydrogen-bond donors (Lipinski definition) is 12. The summed E-state index contributed by atoms with van der Waals surface area (Å²) >= 11 is 0. The fourth-order valence-corrected chi connectivity index (χ4v) is 17.2. The summed E-state index contributed by atoms with van der Waals surface area (Å²) in [6.45, 7) is 11.0. The van der Waals surface area contributed by atoms with Gasteiger partial charge in [0, 0.05) is 7.11 Å². The molecule has 27 nitrogen and oxygen atoms in total. The topological polar surface area (TPSA) is 405 Å². The first-order valence-electron chi connectivity index (χ1n) is 28.2. The number of allylic oxidation sites excluding steroid dienone is 1. The number of rotatable bonds is 14. The molecule has 28 heteroatoms. The highest BCUT2D eigenvalue weighted by Crippen LogP contribution is 2.77. The lowest BCUT2D eigenvalue weighted by molar-refractivity contribution is -0.385. The number of hydrogen-bond acceptors (Lipinski definition) is 26. The molecule has 81 heavy (non-hydrogen) atoms. The fraction of sp³-hybridized carbons (Fsp3) is 0.943. The van der Waals surface area contributed by atoms with Gasteiger partial charge < -0.3 is 108 Å². The number of carbonyl (C=O) groups excluding carboxylic acids is 1. The summed E-state index contributed by atoms with van der Waals surface area (Å²) in [6, 6.07) is 0. The third-order valence-electron chi connectivity index (χ3n) is 21.0. The lowest BCUT2D eigenvalue weighted by Gasteiger charge is -2.64. The highest BCUT2D eigenvalue weighted by molar-refractivity contribution is 7.80. The van der Waals surface area contributed by atoms with E-state index in [1.54, 1.807) is 13.0 Å². The largest absolute Gasteiger partial charge is 0.453 e. The lowest BCUT2D eigenvalue weighted by Crippen LogP contribution is -2.69. The van der Waals surface area contributed by atoms with E-state index in [1.165, 1.54) is 7.11 Å². The molecule has 10 rings (SSSR count). The van der Waals surface area contributed by atoms with Gasteiger partial charge in [0.25, 0.3) is 0 Å². The van der Waals surface area contributed by atoms with Crippen LogP contribution in [-0.2, 0) is 71.5 Å². The Morgan fingerprint density at radius 2 is 1.28 bits per heavy atom. The van der Waals surface area contributed by atoms with Crippen LogP contribution in [-0.4, -0.2) is 254 Å². The Hall–Kier alpha value is -1.76. The smallest absolute Gasteiger partial charge is 0.397 e. The van der Waals surface area contributed by atoms with Gasteiger partial charge in [-0.1, -0.05) is 39.3 Å². The molecule has 12 N–H and O–H groups in total. The Bertz CT molecular complexity index is 2450. The summed E-state index contributed by atoms with van der Waals surface area (Å²) in [7, 11) is -4.02. The number of ether oxygens (including phenoxy) is 11. The molecule has 3 saturated carbocycles. The minimum atomic E-state index is -5.21.